The number of urea groups is 1. The predicted molar refractivity (Wildman–Crippen MR) is 78.4 cm³/mol. The van der Waals surface area contributed by atoms with Crippen molar-refractivity contribution in [3.8, 4) is 0 Å². The van der Waals surface area contributed by atoms with Gasteiger partial charge in [-0.3, -0.25) is 0 Å². The standard InChI is InChI=1S/C14H13ClFN3O/c15-12-2-1-3-13(16)11(12)8-18-9-4-6-10(7-5-9)19-14(17)20/h1-7,18H,8H2,(H3,17,19,20). The van der Waals surface area contributed by atoms with Gasteiger partial charge >= 0.3 is 6.03 Å². The zero-order valence-electron chi connectivity index (χ0n) is 10.5. The summed E-state index contributed by atoms with van der Waals surface area (Å²) in [5, 5.41) is 5.89. The Kier molecular flexibility index (Phi) is 4.42. The molecule has 0 aliphatic heterocycles. The van der Waals surface area contributed by atoms with Crippen molar-refractivity contribution in [3.05, 3.63) is 58.9 Å². The lowest BCUT2D eigenvalue weighted by atomic mass is 10.2. The van der Waals surface area contributed by atoms with E-state index in [1.807, 2.05) is 0 Å². The fourth-order valence-corrected chi connectivity index (χ4v) is 1.94. The van der Waals surface area contributed by atoms with Crippen LogP contribution in [0.5, 0.6) is 0 Å². The van der Waals surface area contributed by atoms with Crippen LogP contribution in [0.15, 0.2) is 42.5 Å². The number of primary amides is 1. The van der Waals surface area contributed by atoms with Gasteiger partial charge in [0.05, 0.1) is 0 Å². The summed E-state index contributed by atoms with van der Waals surface area (Å²) in [5.41, 5.74) is 6.79. The summed E-state index contributed by atoms with van der Waals surface area (Å²) in [6.07, 6.45) is 0. The molecule has 0 aromatic heterocycles. The van der Waals surface area contributed by atoms with Crippen molar-refractivity contribution in [1.82, 2.24) is 0 Å². The Balaban J connectivity index is 2.02. The molecule has 4 N–H and O–H groups in total. The van der Waals surface area contributed by atoms with Crippen LogP contribution in [-0.4, -0.2) is 6.03 Å². The Bertz CT molecular complexity index is 596. The van der Waals surface area contributed by atoms with Gasteiger partial charge in [-0.1, -0.05) is 17.7 Å². The second-order valence-corrected chi connectivity index (χ2v) is 4.53. The molecule has 2 rings (SSSR count). The molecule has 6 heteroatoms. The minimum atomic E-state index is -0.621. The summed E-state index contributed by atoms with van der Waals surface area (Å²) >= 11 is 5.94. The van der Waals surface area contributed by atoms with Crippen LogP contribution in [0, 0.1) is 5.82 Å². The Labute approximate surface area is 120 Å². The normalized spacial score (nSPS) is 10.1. The Hall–Kier alpha value is -2.27. The summed E-state index contributed by atoms with van der Waals surface area (Å²) in [6, 6.07) is 10.8. The van der Waals surface area contributed by atoms with E-state index in [1.54, 1.807) is 36.4 Å². The van der Waals surface area contributed by atoms with E-state index in [0.29, 0.717) is 16.3 Å². The van der Waals surface area contributed by atoms with Crippen molar-refractivity contribution in [3.63, 3.8) is 0 Å². The van der Waals surface area contributed by atoms with Crippen LogP contribution >= 0.6 is 11.6 Å². The fraction of sp³-hybridized carbons (Fsp3) is 0.0714. The molecule has 2 amide bonds. The van der Waals surface area contributed by atoms with E-state index in [0.717, 1.165) is 5.69 Å². The molecule has 0 saturated carbocycles. The molecular formula is C14H13ClFN3O. The summed E-state index contributed by atoms with van der Waals surface area (Å²) < 4.78 is 13.6. The number of nitrogens with one attached hydrogen (secondary N) is 2. The average Bonchev–Trinajstić information content (AvgIpc) is 2.39. The molecule has 0 unspecified atom stereocenters. The van der Waals surface area contributed by atoms with Gasteiger partial charge in [-0.05, 0) is 36.4 Å². The molecule has 0 aliphatic rings. The quantitative estimate of drug-likeness (QED) is 0.806. The van der Waals surface area contributed by atoms with Crippen molar-refractivity contribution >= 4 is 29.0 Å². The lowest BCUT2D eigenvalue weighted by molar-refractivity contribution is 0.259. The van der Waals surface area contributed by atoms with Crippen LogP contribution in [0.25, 0.3) is 0 Å². The monoisotopic (exact) mass is 293 g/mol. The van der Waals surface area contributed by atoms with E-state index in [2.05, 4.69) is 10.6 Å². The zero-order chi connectivity index (χ0) is 14.5. The third-order valence-corrected chi connectivity index (χ3v) is 3.04. The highest BCUT2D eigenvalue weighted by Crippen LogP contribution is 2.21. The average molecular weight is 294 g/mol. The first-order valence-corrected chi connectivity index (χ1v) is 6.27. The highest BCUT2D eigenvalue weighted by atomic mass is 35.5. The summed E-state index contributed by atoms with van der Waals surface area (Å²) in [7, 11) is 0. The van der Waals surface area contributed by atoms with Crippen LogP contribution in [0.1, 0.15) is 5.56 Å². The minimum absolute atomic E-state index is 0.272. The minimum Gasteiger partial charge on any atom is -0.381 e. The highest BCUT2D eigenvalue weighted by Gasteiger charge is 2.06. The summed E-state index contributed by atoms with van der Waals surface area (Å²) in [5.74, 6) is -0.350. The summed E-state index contributed by atoms with van der Waals surface area (Å²) in [4.78, 5) is 10.7. The van der Waals surface area contributed by atoms with Crippen molar-refractivity contribution in [2.45, 2.75) is 6.54 Å². The van der Waals surface area contributed by atoms with E-state index in [-0.39, 0.29) is 12.4 Å². The molecule has 4 nitrogen and oxygen atoms in total. The van der Waals surface area contributed by atoms with Crippen molar-refractivity contribution in [1.29, 1.82) is 0 Å². The van der Waals surface area contributed by atoms with E-state index in [9.17, 15) is 9.18 Å². The molecule has 0 atom stereocenters. The lowest BCUT2D eigenvalue weighted by Gasteiger charge is -2.10. The van der Waals surface area contributed by atoms with Gasteiger partial charge in [0.1, 0.15) is 5.82 Å². The number of carbonyl (C=O) groups excluding carboxylic acids is 1. The van der Waals surface area contributed by atoms with Gasteiger partial charge in [0.2, 0.25) is 0 Å². The van der Waals surface area contributed by atoms with E-state index in [1.165, 1.54) is 6.07 Å². The predicted octanol–water partition coefficient (Wildman–Crippen LogP) is 3.58. The van der Waals surface area contributed by atoms with Gasteiger partial charge in [-0.2, -0.15) is 0 Å². The van der Waals surface area contributed by atoms with Gasteiger partial charge in [0.25, 0.3) is 0 Å². The number of nitrogens with two attached hydrogens (primary N) is 1. The number of anilines is 2. The maximum atomic E-state index is 13.6. The molecule has 0 heterocycles. The Morgan fingerprint density at radius 3 is 2.40 bits per heavy atom. The van der Waals surface area contributed by atoms with Crippen LogP contribution in [0.3, 0.4) is 0 Å². The maximum absolute atomic E-state index is 13.6. The van der Waals surface area contributed by atoms with Gasteiger partial charge in [-0.25, -0.2) is 9.18 Å². The highest BCUT2D eigenvalue weighted by molar-refractivity contribution is 6.31. The Morgan fingerprint density at radius 1 is 1.15 bits per heavy atom. The molecule has 2 aromatic carbocycles. The van der Waals surface area contributed by atoms with Gasteiger partial charge < -0.3 is 16.4 Å². The summed E-state index contributed by atoms with van der Waals surface area (Å²) in [6.45, 7) is 0.272. The van der Waals surface area contributed by atoms with Crippen molar-refractivity contribution < 1.29 is 9.18 Å². The zero-order valence-corrected chi connectivity index (χ0v) is 11.2. The van der Waals surface area contributed by atoms with Crippen LogP contribution < -0.4 is 16.4 Å². The first-order valence-electron chi connectivity index (χ1n) is 5.89. The second-order valence-electron chi connectivity index (χ2n) is 4.12. The topological polar surface area (TPSA) is 67.2 Å². The molecule has 2 aromatic rings. The maximum Gasteiger partial charge on any atom is 0.316 e. The van der Waals surface area contributed by atoms with Gasteiger partial charge in [0.15, 0.2) is 0 Å². The smallest absolute Gasteiger partial charge is 0.316 e. The number of halogens is 2. The third-order valence-electron chi connectivity index (χ3n) is 2.68. The Morgan fingerprint density at radius 2 is 1.80 bits per heavy atom. The second kappa shape index (κ2) is 6.25. The van der Waals surface area contributed by atoms with Gasteiger partial charge in [-0.15, -0.1) is 0 Å². The molecule has 0 radical (unpaired) electrons. The van der Waals surface area contributed by atoms with Gasteiger partial charge in [0, 0.05) is 28.5 Å². The van der Waals surface area contributed by atoms with Crippen LogP contribution in [0.2, 0.25) is 5.02 Å². The molecule has 20 heavy (non-hydrogen) atoms. The largest absolute Gasteiger partial charge is 0.381 e. The fourth-order valence-electron chi connectivity index (χ4n) is 1.71. The van der Waals surface area contributed by atoms with E-state index >= 15 is 0 Å². The molecule has 0 aliphatic carbocycles. The number of hydrogen-bond donors (Lipinski definition) is 3. The van der Waals surface area contributed by atoms with Crippen molar-refractivity contribution in [2.24, 2.45) is 5.73 Å². The SMILES string of the molecule is NC(=O)Nc1ccc(NCc2c(F)cccc2Cl)cc1. The number of benzene rings is 2. The molecular weight excluding hydrogens is 281 g/mol. The van der Waals surface area contributed by atoms with Crippen molar-refractivity contribution in [2.75, 3.05) is 10.6 Å². The lowest BCUT2D eigenvalue weighted by Crippen LogP contribution is -2.19. The number of rotatable bonds is 4. The number of amides is 2. The van der Waals surface area contributed by atoms with Crippen LogP contribution in [-0.2, 0) is 6.54 Å². The molecule has 0 saturated heterocycles. The first kappa shape index (κ1) is 14.1. The number of carbonyl (C=O) groups is 1. The molecule has 0 bridgehead atoms. The molecule has 0 spiro atoms. The third kappa shape index (κ3) is 3.61. The van der Waals surface area contributed by atoms with E-state index < -0.39 is 6.03 Å². The number of hydrogen-bond acceptors (Lipinski definition) is 2. The first-order chi connectivity index (χ1) is 9.56. The van der Waals surface area contributed by atoms with E-state index in [4.69, 9.17) is 17.3 Å². The van der Waals surface area contributed by atoms with Crippen LogP contribution in [0.4, 0.5) is 20.6 Å². The molecule has 104 valence electrons. The molecule has 0 fully saturated rings.